The van der Waals surface area contributed by atoms with Crippen molar-refractivity contribution in [3.05, 3.63) is 58.3 Å². The highest BCUT2D eigenvalue weighted by atomic mass is 35.5. The molecule has 0 aliphatic heterocycles. The molecule has 1 amide bonds. The smallest absolute Gasteiger partial charge is 0.222 e. The Labute approximate surface area is 146 Å². The number of carbonyl (C=O) groups is 1. The van der Waals surface area contributed by atoms with Gasteiger partial charge in [-0.25, -0.2) is 0 Å². The van der Waals surface area contributed by atoms with Gasteiger partial charge in [-0.2, -0.15) is 0 Å². The molecule has 0 aliphatic carbocycles. The molecule has 4 nitrogen and oxygen atoms in total. The summed E-state index contributed by atoms with van der Waals surface area (Å²) in [7, 11) is 1.77. The number of amides is 1. The molecule has 1 heterocycles. The summed E-state index contributed by atoms with van der Waals surface area (Å²) in [6.45, 7) is 0.925. The Hall–Kier alpha value is -1.78. The second-order valence-electron chi connectivity index (χ2n) is 5.10. The zero-order valence-electron chi connectivity index (χ0n) is 12.8. The van der Waals surface area contributed by atoms with E-state index in [1.165, 1.54) is 0 Å². The summed E-state index contributed by atoms with van der Waals surface area (Å²) in [4.78, 5) is 17.9. The second-order valence-corrected chi connectivity index (χ2v) is 5.94. The number of rotatable bonds is 7. The van der Waals surface area contributed by atoms with Crippen molar-refractivity contribution in [3.8, 4) is 5.75 Å². The van der Waals surface area contributed by atoms with Gasteiger partial charge in [0.05, 0.1) is 23.9 Å². The SMILES string of the molecule is CN(Cc1ccccn1)C(=O)CCCOc1ccc(Cl)cc1Cl. The molecule has 0 bridgehead atoms. The molecule has 0 saturated heterocycles. The highest BCUT2D eigenvalue weighted by Crippen LogP contribution is 2.27. The van der Waals surface area contributed by atoms with Crippen LogP contribution >= 0.6 is 23.2 Å². The third-order valence-electron chi connectivity index (χ3n) is 3.24. The van der Waals surface area contributed by atoms with Crippen LogP contribution in [0.5, 0.6) is 5.75 Å². The van der Waals surface area contributed by atoms with Crippen molar-refractivity contribution in [1.29, 1.82) is 0 Å². The number of nitrogens with zero attached hydrogens (tertiary/aromatic N) is 2. The maximum atomic E-state index is 12.1. The zero-order valence-corrected chi connectivity index (χ0v) is 14.3. The first kappa shape index (κ1) is 17.6. The number of benzene rings is 1. The summed E-state index contributed by atoms with van der Waals surface area (Å²) in [6, 6.07) is 10.7. The van der Waals surface area contributed by atoms with Crippen molar-refractivity contribution in [1.82, 2.24) is 9.88 Å². The molecule has 0 saturated carbocycles. The Morgan fingerprint density at radius 1 is 1.26 bits per heavy atom. The van der Waals surface area contributed by atoms with Gasteiger partial charge in [-0.3, -0.25) is 9.78 Å². The summed E-state index contributed by atoms with van der Waals surface area (Å²) >= 11 is 11.8. The van der Waals surface area contributed by atoms with Crippen LogP contribution in [0.25, 0.3) is 0 Å². The molecule has 2 aromatic rings. The van der Waals surface area contributed by atoms with Crippen molar-refractivity contribution in [2.45, 2.75) is 19.4 Å². The minimum atomic E-state index is 0.0569. The van der Waals surface area contributed by atoms with E-state index in [0.717, 1.165) is 5.69 Å². The van der Waals surface area contributed by atoms with E-state index in [1.54, 1.807) is 36.3 Å². The van der Waals surface area contributed by atoms with Crippen LogP contribution in [0.2, 0.25) is 10.0 Å². The number of halogens is 2. The first-order valence-corrected chi connectivity index (χ1v) is 8.03. The van der Waals surface area contributed by atoms with E-state index in [9.17, 15) is 4.79 Å². The summed E-state index contributed by atoms with van der Waals surface area (Å²) in [6.07, 6.45) is 2.75. The number of hydrogen-bond donors (Lipinski definition) is 0. The molecule has 0 spiro atoms. The van der Waals surface area contributed by atoms with E-state index >= 15 is 0 Å². The lowest BCUT2D eigenvalue weighted by molar-refractivity contribution is -0.130. The van der Waals surface area contributed by atoms with Crippen LogP contribution in [-0.4, -0.2) is 29.4 Å². The quantitative estimate of drug-likeness (QED) is 0.701. The van der Waals surface area contributed by atoms with Crippen molar-refractivity contribution >= 4 is 29.1 Å². The monoisotopic (exact) mass is 352 g/mol. The van der Waals surface area contributed by atoms with Gasteiger partial charge < -0.3 is 9.64 Å². The van der Waals surface area contributed by atoms with Crippen LogP contribution in [0, 0.1) is 0 Å². The molecule has 0 unspecified atom stereocenters. The Kier molecular flexibility index (Phi) is 6.68. The molecule has 6 heteroatoms. The van der Waals surface area contributed by atoms with Crippen molar-refractivity contribution in [3.63, 3.8) is 0 Å². The fourth-order valence-electron chi connectivity index (χ4n) is 2.01. The van der Waals surface area contributed by atoms with Gasteiger partial charge in [0.1, 0.15) is 5.75 Å². The van der Waals surface area contributed by atoms with Crippen LogP contribution in [0.1, 0.15) is 18.5 Å². The topological polar surface area (TPSA) is 42.4 Å². The van der Waals surface area contributed by atoms with Crippen LogP contribution in [0.4, 0.5) is 0 Å². The molecular weight excluding hydrogens is 335 g/mol. The third kappa shape index (κ3) is 5.73. The van der Waals surface area contributed by atoms with Crippen LogP contribution < -0.4 is 4.74 Å². The predicted molar refractivity (Wildman–Crippen MR) is 91.9 cm³/mol. The van der Waals surface area contributed by atoms with Crippen molar-refractivity contribution in [2.24, 2.45) is 0 Å². The fourth-order valence-corrected chi connectivity index (χ4v) is 2.47. The highest BCUT2D eigenvalue weighted by Gasteiger charge is 2.10. The minimum Gasteiger partial charge on any atom is -0.492 e. The maximum Gasteiger partial charge on any atom is 0.222 e. The van der Waals surface area contributed by atoms with Gasteiger partial charge >= 0.3 is 0 Å². The van der Waals surface area contributed by atoms with E-state index in [4.69, 9.17) is 27.9 Å². The lowest BCUT2D eigenvalue weighted by atomic mass is 10.2. The fraction of sp³-hybridized carbons (Fsp3) is 0.294. The molecule has 1 aromatic carbocycles. The van der Waals surface area contributed by atoms with Crippen LogP contribution in [0.15, 0.2) is 42.6 Å². The Morgan fingerprint density at radius 3 is 2.78 bits per heavy atom. The van der Waals surface area contributed by atoms with Gasteiger partial charge in [-0.1, -0.05) is 29.3 Å². The molecule has 0 fully saturated rings. The molecule has 122 valence electrons. The largest absolute Gasteiger partial charge is 0.492 e. The van der Waals surface area contributed by atoms with E-state index in [-0.39, 0.29) is 5.91 Å². The van der Waals surface area contributed by atoms with Crippen molar-refractivity contribution in [2.75, 3.05) is 13.7 Å². The van der Waals surface area contributed by atoms with Gasteiger partial charge in [0, 0.05) is 24.7 Å². The van der Waals surface area contributed by atoms with Gasteiger partial charge in [0.15, 0.2) is 0 Å². The highest BCUT2D eigenvalue weighted by molar-refractivity contribution is 6.35. The number of pyridine rings is 1. The average molecular weight is 353 g/mol. The number of hydrogen-bond acceptors (Lipinski definition) is 3. The summed E-state index contributed by atoms with van der Waals surface area (Å²) < 4.78 is 5.57. The lowest BCUT2D eigenvalue weighted by Gasteiger charge is -2.16. The van der Waals surface area contributed by atoms with Gasteiger partial charge in [-0.15, -0.1) is 0 Å². The minimum absolute atomic E-state index is 0.0569. The van der Waals surface area contributed by atoms with Gasteiger partial charge in [-0.05, 0) is 36.8 Å². The third-order valence-corrected chi connectivity index (χ3v) is 3.77. The molecular formula is C17H18Cl2N2O2. The molecule has 0 N–H and O–H groups in total. The molecule has 1 aromatic heterocycles. The molecule has 0 aliphatic rings. The Bertz CT molecular complexity index is 650. The second kappa shape index (κ2) is 8.75. The summed E-state index contributed by atoms with van der Waals surface area (Å²) in [5, 5.41) is 1.03. The summed E-state index contributed by atoms with van der Waals surface area (Å²) in [5.74, 6) is 0.631. The first-order valence-electron chi connectivity index (χ1n) is 7.28. The van der Waals surface area contributed by atoms with Gasteiger partial charge in [0.25, 0.3) is 0 Å². The molecule has 2 rings (SSSR count). The number of ether oxygens (including phenoxy) is 1. The zero-order chi connectivity index (χ0) is 16.7. The standard InChI is InChI=1S/C17H18Cl2N2O2/c1-21(12-14-5-2-3-9-20-14)17(22)6-4-10-23-16-8-7-13(18)11-15(16)19/h2-3,5,7-9,11H,4,6,10,12H2,1H3. The average Bonchev–Trinajstić information content (AvgIpc) is 2.54. The predicted octanol–water partition coefficient (Wildman–Crippen LogP) is 4.21. The van der Waals surface area contributed by atoms with E-state index < -0.39 is 0 Å². The van der Waals surface area contributed by atoms with E-state index in [0.29, 0.717) is 41.8 Å². The Morgan fingerprint density at radius 2 is 2.09 bits per heavy atom. The molecule has 0 atom stereocenters. The van der Waals surface area contributed by atoms with Crippen LogP contribution in [-0.2, 0) is 11.3 Å². The summed E-state index contributed by atoms with van der Waals surface area (Å²) in [5.41, 5.74) is 0.868. The molecule has 23 heavy (non-hydrogen) atoms. The normalized spacial score (nSPS) is 10.4. The number of aromatic nitrogens is 1. The maximum absolute atomic E-state index is 12.1. The molecule has 0 radical (unpaired) electrons. The van der Waals surface area contributed by atoms with Crippen LogP contribution in [0.3, 0.4) is 0 Å². The van der Waals surface area contributed by atoms with Gasteiger partial charge in [0.2, 0.25) is 5.91 Å². The van der Waals surface area contributed by atoms with Crippen molar-refractivity contribution < 1.29 is 9.53 Å². The number of carbonyl (C=O) groups excluding carboxylic acids is 1. The van der Waals surface area contributed by atoms with E-state index in [1.807, 2.05) is 18.2 Å². The van der Waals surface area contributed by atoms with E-state index in [2.05, 4.69) is 4.98 Å². The first-order chi connectivity index (χ1) is 11.1. The Balaban J connectivity index is 1.72. The lowest BCUT2D eigenvalue weighted by Crippen LogP contribution is -2.26.